The summed E-state index contributed by atoms with van der Waals surface area (Å²) in [5.74, 6) is 1.24. The molecule has 0 amide bonds. The molecule has 3 aromatic rings. The van der Waals surface area contributed by atoms with Crippen LogP contribution in [0.2, 0.25) is 5.02 Å². The van der Waals surface area contributed by atoms with E-state index in [4.69, 9.17) is 22.1 Å². The van der Waals surface area contributed by atoms with Crippen molar-refractivity contribution < 1.29 is 9.53 Å². The summed E-state index contributed by atoms with van der Waals surface area (Å²) in [7, 11) is 1.99. The van der Waals surface area contributed by atoms with Crippen LogP contribution < -0.4 is 10.6 Å². The van der Waals surface area contributed by atoms with E-state index in [-0.39, 0.29) is 13.2 Å². The lowest BCUT2D eigenvalue weighted by atomic mass is 10.00. The molecule has 6 nitrogen and oxygen atoms in total. The van der Waals surface area contributed by atoms with Gasteiger partial charge in [0.05, 0.1) is 10.6 Å². The molecule has 1 fully saturated rings. The van der Waals surface area contributed by atoms with Gasteiger partial charge in [-0.25, -0.2) is 9.97 Å². The third-order valence-corrected chi connectivity index (χ3v) is 5.91. The average molecular weight is 441 g/mol. The van der Waals surface area contributed by atoms with Crippen molar-refractivity contribution in [1.82, 2.24) is 9.97 Å². The van der Waals surface area contributed by atoms with E-state index in [0.29, 0.717) is 41.1 Å². The van der Waals surface area contributed by atoms with Gasteiger partial charge in [0.15, 0.2) is 5.78 Å². The van der Waals surface area contributed by atoms with Crippen molar-refractivity contribution in [2.24, 2.45) is 0 Å². The summed E-state index contributed by atoms with van der Waals surface area (Å²) in [6, 6.07) is 9.99. The van der Waals surface area contributed by atoms with Gasteiger partial charge in [0.1, 0.15) is 11.6 Å². The van der Waals surface area contributed by atoms with Crippen LogP contribution in [0, 0.1) is 0 Å². The lowest BCUT2D eigenvalue weighted by molar-refractivity contribution is 0.0852. The van der Waals surface area contributed by atoms with Crippen LogP contribution in [-0.2, 0) is 11.2 Å². The van der Waals surface area contributed by atoms with E-state index in [1.165, 1.54) is 0 Å². The minimum atomic E-state index is 0. The molecule has 164 valence electrons. The van der Waals surface area contributed by atoms with Crippen molar-refractivity contribution in [3.8, 4) is 0 Å². The first kappa shape index (κ1) is 23.0. The monoisotopic (exact) mass is 440 g/mol. The quantitative estimate of drug-likeness (QED) is 0.547. The fourth-order valence-corrected chi connectivity index (χ4v) is 4.12. The first-order valence-electron chi connectivity index (χ1n) is 10.2. The standard InChI is InChI=1S/C23H25ClN4O2.CH4/c1-28(18-7-10-30-11-8-18)23-20(13-17(24)14-27-23)21(29)5-3-15-2-4-19-16(12-15)6-9-26-22(19)25;/h2,4,6,9,12-14,18H,3,5,7-8,10-11H2,1H3,(H2,25,26);1H4. The highest BCUT2D eigenvalue weighted by Crippen LogP contribution is 2.27. The average Bonchev–Trinajstić information content (AvgIpc) is 2.77. The second-order valence-corrected chi connectivity index (χ2v) is 8.09. The van der Waals surface area contributed by atoms with Gasteiger partial charge in [-0.15, -0.1) is 0 Å². The normalized spacial score (nSPS) is 14.3. The number of fused-ring (bicyclic) bond motifs is 1. The number of ketones is 1. The number of carbonyl (C=O) groups excluding carboxylic acids is 1. The highest BCUT2D eigenvalue weighted by Gasteiger charge is 2.24. The van der Waals surface area contributed by atoms with Crippen LogP contribution in [0.25, 0.3) is 10.8 Å². The number of rotatable bonds is 6. The number of nitrogens with zero attached hydrogens (tertiary/aromatic N) is 3. The summed E-state index contributed by atoms with van der Waals surface area (Å²) in [5.41, 5.74) is 7.58. The number of ether oxygens (including phenoxy) is 1. The van der Waals surface area contributed by atoms with Crippen molar-refractivity contribution in [2.45, 2.75) is 39.2 Å². The summed E-state index contributed by atoms with van der Waals surface area (Å²) in [6.07, 6.45) is 6.15. The number of aryl methyl sites for hydroxylation is 1. The van der Waals surface area contributed by atoms with Crippen LogP contribution in [0.1, 0.15) is 42.6 Å². The number of benzene rings is 1. The minimum Gasteiger partial charge on any atom is -0.383 e. The largest absolute Gasteiger partial charge is 0.383 e. The maximum atomic E-state index is 13.1. The Balaban J connectivity index is 0.00000272. The van der Waals surface area contributed by atoms with E-state index in [2.05, 4.69) is 20.9 Å². The fraction of sp³-hybridized carbons (Fsp3) is 0.375. The summed E-state index contributed by atoms with van der Waals surface area (Å²) >= 11 is 6.18. The molecule has 1 aromatic carbocycles. The molecule has 0 spiro atoms. The number of Topliss-reactive ketones (excluding diaryl/α,β-unsaturated/α-hetero) is 1. The molecule has 1 saturated heterocycles. The number of anilines is 2. The molecule has 31 heavy (non-hydrogen) atoms. The molecule has 7 heteroatoms. The van der Waals surface area contributed by atoms with Crippen LogP contribution >= 0.6 is 11.6 Å². The van der Waals surface area contributed by atoms with Gasteiger partial charge in [0, 0.05) is 50.5 Å². The SMILES string of the molecule is C.CN(c1ncc(Cl)cc1C(=O)CCc1ccc2c(N)nccc2c1)C1CCOCC1. The predicted molar refractivity (Wildman–Crippen MR) is 127 cm³/mol. The Bertz CT molecular complexity index is 1070. The van der Waals surface area contributed by atoms with E-state index in [1.54, 1.807) is 18.5 Å². The highest BCUT2D eigenvalue weighted by atomic mass is 35.5. The maximum absolute atomic E-state index is 13.1. The zero-order valence-electron chi connectivity index (χ0n) is 17.0. The number of carbonyl (C=O) groups is 1. The Morgan fingerprint density at radius 3 is 2.77 bits per heavy atom. The zero-order valence-corrected chi connectivity index (χ0v) is 17.7. The first-order chi connectivity index (χ1) is 14.5. The molecule has 0 bridgehead atoms. The molecule has 0 radical (unpaired) electrons. The van der Waals surface area contributed by atoms with Gasteiger partial charge in [-0.05, 0) is 42.3 Å². The third-order valence-electron chi connectivity index (χ3n) is 5.71. The molecule has 0 aliphatic carbocycles. The Kier molecular flexibility index (Phi) is 7.46. The van der Waals surface area contributed by atoms with E-state index < -0.39 is 0 Å². The topological polar surface area (TPSA) is 81.3 Å². The van der Waals surface area contributed by atoms with E-state index in [1.807, 2.05) is 25.2 Å². The van der Waals surface area contributed by atoms with Crippen LogP contribution in [0.4, 0.5) is 11.6 Å². The van der Waals surface area contributed by atoms with Gasteiger partial charge < -0.3 is 15.4 Å². The summed E-state index contributed by atoms with van der Waals surface area (Å²) in [5, 5.41) is 2.42. The van der Waals surface area contributed by atoms with E-state index >= 15 is 0 Å². The first-order valence-corrected chi connectivity index (χ1v) is 10.5. The molecule has 0 atom stereocenters. The molecule has 0 unspecified atom stereocenters. The molecule has 2 N–H and O–H groups in total. The predicted octanol–water partition coefficient (Wildman–Crippen LogP) is 4.93. The van der Waals surface area contributed by atoms with Crippen molar-refractivity contribution in [2.75, 3.05) is 30.9 Å². The van der Waals surface area contributed by atoms with E-state index in [9.17, 15) is 4.79 Å². The Morgan fingerprint density at radius 2 is 2.00 bits per heavy atom. The molecule has 1 aliphatic rings. The molecule has 2 aromatic heterocycles. The number of pyridine rings is 2. The number of hydrogen-bond donors (Lipinski definition) is 1. The van der Waals surface area contributed by atoms with Gasteiger partial charge in [0.2, 0.25) is 0 Å². The van der Waals surface area contributed by atoms with Crippen LogP contribution in [0.15, 0.2) is 42.7 Å². The van der Waals surface area contributed by atoms with Gasteiger partial charge in [-0.1, -0.05) is 37.2 Å². The van der Waals surface area contributed by atoms with Gasteiger partial charge in [-0.2, -0.15) is 0 Å². The van der Waals surface area contributed by atoms with Gasteiger partial charge in [0.25, 0.3) is 0 Å². The number of nitrogen functional groups attached to an aromatic ring is 1. The van der Waals surface area contributed by atoms with Gasteiger partial charge in [-0.3, -0.25) is 4.79 Å². The van der Waals surface area contributed by atoms with Gasteiger partial charge >= 0.3 is 0 Å². The number of hydrogen-bond acceptors (Lipinski definition) is 6. The van der Waals surface area contributed by atoms with Crippen LogP contribution in [-0.4, -0.2) is 42.1 Å². The smallest absolute Gasteiger partial charge is 0.166 e. The Labute approximate surface area is 188 Å². The number of aromatic nitrogens is 2. The fourth-order valence-electron chi connectivity index (χ4n) is 3.96. The second-order valence-electron chi connectivity index (χ2n) is 7.65. The lowest BCUT2D eigenvalue weighted by Crippen LogP contribution is -2.38. The molecular weight excluding hydrogens is 412 g/mol. The van der Waals surface area contributed by atoms with Crippen molar-refractivity contribution in [3.05, 3.63) is 58.9 Å². The molecule has 1 aliphatic heterocycles. The molecule has 4 rings (SSSR count). The van der Waals surface area contributed by atoms with Crippen molar-refractivity contribution in [1.29, 1.82) is 0 Å². The summed E-state index contributed by atoms with van der Waals surface area (Å²) in [4.78, 5) is 23.8. The van der Waals surface area contributed by atoms with Crippen LogP contribution in [0.5, 0.6) is 0 Å². The molecular formula is C24H29ClN4O2. The Morgan fingerprint density at radius 1 is 1.23 bits per heavy atom. The highest BCUT2D eigenvalue weighted by molar-refractivity contribution is 6.31. The zero-order chi connectivity index (χ0) is 21.1. The molecule has 0 saturated carbocycles. The lowest BCUT2D eigenvalue weighted by Gasteiger charge is -2.33. The maximum Gasteiger partial charge on any atom is 0.166 e. The summed E-state index contributed by atoms with van der Waals surface area (Å²) in [6.45, 7) is 1.46. The minimum absolute atomic E-state index is 0. The molecule has 3 heterocycles. The third kappa shape index (κ3) is 5.14. The van der Waals surface area contributed by atoms with Crippen molar-refractivity contribution >= 4 is 39.8 Å². The van der Waals surface area contributed by atoms with Crippen LogP contribution in [0.3, 0.4) is 0 Å². The van der Waals surface area contributed by atoms with Crippen molar-refractivity contribution in [3.63, 3.8) is 0 Å². The Hall–Kier alpha value is -2.70. The summed E-state index contributed by atoms with van der Waals surface area (Å²) < 4.78 is 5.46. The number of halogens is 1. The number of nitrogens with two attached hydrogens (primary N) is 1. The second kappa shape index (κ2) is 10.1. The van der Waals surface area contributed by atoms with E-state index in [0.717, 1.165) is 42.4 Å².